The summed E-state index contributed by atoms with van der Waals surface area (Å²) < 4.78 is 0. The van der Waals surface area contributed by atoms with Gasteiger partial charge in [-0.15, -0.1) is 0 Å². The molecule has 3 fully saturated rings. The fourth-order valence-corrected chi connectivity index (χ4v) is 9.86. The van der Waals surface area contributed by atoms with E-state index in [4.69, 9.17) is 0 Å². The van der Waals surface area contributed by atoms with E-state index < -0.39 is 5.91 Å². The van der Waals surface area contributed by atoms with E-state index in [0.717, 1.165) is 41.9 Å². The molecule has 5 heteroatoms. The lowest BCUT2D eigenvalue weighted by Gasteiger charge is -2.59. The molecule has 8 atom stereocenters. The van der Waals surface area contributed by atoms with Gasteiger partial charge in [0.05, 0.1) is 0 Å². The quantitative estimate of drug-likeness (QED) is 0.123. The summed E-state index contributed by atoms with van der Waals surface area (Å²) >= 11 is 0. The molecule has 0 aromatic heterocycles. The molecule has 0 aliphatic heterocycles. The van der Waals surface area contributed by atoms with Crippen molar-refractivity contribution in [1.82, 2.24) is 10.6 Å². The SMILES string of the molecule is CC(C)CCC[C@@H](C)[C@H]1CCC2C3CCC4=C[C@@H](CC(=O)NCCCNC(=O)C=O)CC[C@]4(C)C3CC[C@@]21C. The lowest BCUT2D eigenvalue weighted by Crippen LogP contribution is -2.51. The summed E-state index contributed by atoms with van der Waals surface area (Å²) in [6.45, 7) is 13.5. The van der Waals surface area contributed by atoms with E-state index in [9.17, 15) is 14.4 Å². The van der Waals surface area contributed by atoms with Crippen molar-refractivity contribution in [2.24, 2.45) is 52.3 Å². The summed E-state index contributed by atoms with van der Waals surface area (Å²) in [5, 5.41) is 5.51. The number of aldehydes is 1. The molecule has 0 aromatic rings. The fourth-order valence-electron chi connectivity index (χ4n) is 9.86. The van der Waals surface area contributed by atoms with Gasteiger partial charge >= 0.3 is 0 Å². The van der Waals surface area contributed by atoms with Crippen LogP contribution in [0.4, 0.5) is 0 Å². The third-order valence-corrected chi connectivity index (χ3v) is 11.9. The maximum absolute atomic E-state index is 12.6. The van der Waals surface area contributed by atoms with E-state index in [0.29, 0.717) is 42.7 Å². The largest absolute Gasteiger partial charge is 0.356 e. The van der Waals surface area contributed by atoms with Gasteiger partial charge in [0.1, 0.15) is 0 Å². The molecule has 0 bridgehead atoms. The molecule has 3 unspecified atom stereocenters. The van der Waals surface area contributed by atoms with Crippen LogP contribution in [0.25, 0.3) is 0 Å². The first kappa shape index (κ1) is 30.3. The molecule has 3 saturated carbocycles. The molecule has 4 rings (SSSR count). The average molecular weight is 541 g/mol. The highest BCUT2D eigenvalue weighted by atomic mass is 16.2. The maximum atomic E-state index is 12.6. The summed E-state index contributed by atoms with van der Waals surface area (Å²) in [7, 11) is 0. The summed E-state index contributed by atoms with van der Waals surface area (Å²) in [6.07, 6.45) is 18.8. The van der Waals surface area contributed by atoms with E-state index in [1.165, 1.54) is 64.2 Å². The molecular weight excluding hydrogens is 484 g/mol. The van der Waals surface area contributed by atoms with Crippen LogP contribution in [0.15, 0.2) is 11.6 Å². The molecule has 4 aliphatic rings. The van der Waals surface area contributed by atoms with Crippen LogP contribution in [-0.4, -0.2) is 31.2 Å². The third kappa shape index (κ3) is 6.64. The second-order valence-corrected chi connectivity index (χ2v) is 14.7. The Balaban J connectivity index is 1.31. The number of carbonyl (C=O) groups excluding carboxylic acids is 3. The van der Waals surface area contributed by atoms with Crippen molar-refractivity contribution in [2.75, 3.05) is 13.1 Å². The minimum Gasteiger partial charge on any atom is -0.356 e. The number of fused-ring (bicyclic) bond motifs is 5. The van der Waals surface area contributed by atoms with Crippen molar-refractivity contribution in [3.05, 3.63) is 11.6 Å². The Kier molecular flexibility index (Phi) is 10.0. The summed E-state index contributed by atoms with van der Waals surface area (Å²) in [4.78, 5) is 33.9. The van der Waals surface area contributed by atoms with E-state index in [-0.39, 0.29) is 12.2 Å². The minimum absolute atomic E-state index is 0.101. The van der Waals surface area contributed by atoms with Crippen molar-refractivity contribution in [2.45, 2.75) is 118 Å². The molecule has 0 heterocycles. The molecule has 39 heavy (non-hydrogen) atoms. The Morgan fingerprint density at radius 1 is 0.949 bits per heavy atom. The van der Waals surface area contributed by atoms with Crippen molar-refractivity contribution >= 4 is 18.1 Å². The number of amides is 2. The predicted octanol–water partition coefficient (Wildman–Crippen LogP) is 6.86. The van der Waals surface area contributed by atoms with Gasteiger partial charge in [-0.05, 0) is 110 Å². The van der Waals surface area contributed by atoms with Crippen molar-refractivity contribution < 1.29 is 14.4 Å². The fraction of sp³-hybridized carbons (Fsp3) is 0.853. The third-order valence-electron chi connectivity index (χ3n) is 11.9. The molecule has 0 radical (unpaired) electrons. The normalized spacial score (nSPS) is 36.3. The van der Waals surface area contributed by atoms with Crippen molar-refractivity contribution in [3.63, 3.8) is 0 Å². The number of nitrogens with one attached hydrogen (secondary N) is 2. The summed E-state index contributed by atoms with van der Waals surface area (Å²) in [5.74, 6) is 5.06. The highest BCUT2D eigenvalue weighted by Crippen LogP contribution is 2.68. The lowest BCUT2D eigenvalue weighted by molar-refractivity contribution is -0.131. The highest BCUT2D eigenvalue weighted by molar-refractivity contribution is 6.23. The monoisotopic (exact) mass is 540 g/mol. The minimum atomic E-state index is -0.602. The number of rotatable bonds is 12. The smallest absolute Gasteiger partial charge is 0.284 e. The summed E-state index contributed by atoms with van der Waals surface area (Å²) in [6, 6.07) is 0. The first-order valence-electron chi connectivity index (χ1n) is 16.3. The van der Waals surface area contributed by atoms with Crippen LogP contribution in [0.2, 0.25) is 0 Å². The van der Waals surface area contributed by atoms with E-state index in [2.05, 4.69) is 51.3 Å². The van der Waals surface area contributed by atoms with Crippen LogP contribution in [0.5, 0.6) is 0 Å². The molecule has 5 nitrogen and oxygen atoms in total. The van der Waals surface area contributed by atoms with Crippen LogP contribution in [-0.2, 0) is 14.4 Å². The van der Waals surface area contributed by atoms with Gasteiger partial charge in [0.15, 0.2) is 0 Å². The first-order chi connectivity index (χ1) is 18.6. The van der Waals surface area contributed by atoms with Gasteiger partial charge in [-0.2, -0.15) is 0 Å². The van der Waals surface area contributed by atoms with Crippen molar-refractivity contribution in [1.29, 1.82) is 0 Å². The van der Waals surface area contributed by atoms with Gasteiger partial charge in [0.25, 0.3) is 5.91 Å². The van der Waals surface area contributed by atoms with Gasteiger partial charge < -0.3 is 10.6 Å². The zero-order valence-electron chi connectivity index (χ0n) is 25.5. The molecule has 4 aliphatic carbocycles. The average Bonchev–Trinajstić information content (AvgIpc) is 3.25. The predicted molar refractivity (Wildman–Crippen MR) is 158 cm³/mol. The second kappa shape index (κ2) is 12.9. The molecule has 0 saturated heterocycles. The first-order valence-corrected chi connectivity index (χ1v) is 16.3. The van der Waals surface area contributed by atoms with Gasteiger partial charge in [0, 0.05) is 19.5 Å². The van der Waals surface area contributed by atoms with E-state index >= 15 is 0 Å². The Morgan fingerprint density at radius 3 is 2.46 bits per heavy atom. The summed E-state index contributed by atoms with van der Waals surface area (Å²) in [5.41, 5.74) is 2.53. The Labute approximate surface area is 238 Å². The number of hydrogen-bond donors (Lipinski definition) is 2. The van der Waals surface area contributed by atoms with Crippen LogP contribution in [0.1, 0.15) is 118 Å². The molecule has 0 spiro atoms. The topological polar surface area (TPSA) is 75.3 Å². The Morgan fingerprint density at radius 2 is 1.72 bits per heavy atom. The molecule has 220 valence electrons. The van der Waals surface area contributed by atoms with Crippen LogP contribution in [0, 0.1) is 52.3 Å². The van der Waals surface area contributed by atoms with Crippen LogP contribution >= 0.6 is 0 Å². The van der Waals surface area contributed by atoms with Gasteiger partial charge in [-0.3, -0.25) is 14.4 Å². The highest BCUT2D eigenvalue weighted by Gasteiger charge is 2.59. The maximum Gasteiger partial charge on any atom is 0.284 e. The number of carbonyl (C=O) groups is 3. The lowest BCUT2D eigenvalue weighted by atomic mass is 9.46. The molecular formula is C34H56N2O3. The Hall–Kier alpha value is -1.65. The number of allylic oxidation sites excluding steroid dienone is 2. The zero-order valence-corrected chi connectivity index (χ0v) is 25.5. The molecule has 2 N–H and O–H groups in total. The zero-order chi connectivity index (χ0) is 28.2. The van der Waals surface area contributed by atoms with Crippen molar-refractivity contribution in [3.8, 4) is 0 Å². The van der Waals surface area contributed by atoms with Crippen LogP contribution in [0.3, 0.4) is 0 Å². The number of hydrogen-bond acceptors (Lipinski definition) is 3. The van der Waals surface area contributed by atoms with Crippen LogP contribution < -0.4 is 10.6 Å². The van der Waals surface area contributed by atoms with E-state index in [1.54, 1.807) is 5.57 Å². The Bertz CT molecular complexity index is 912. The molecule has 0 aromatic carbocycles. The van der Waals surface area contributed by atoms with E-state index in [1.807, 2.05) is 0 Å². The van der Waals surface area contributed by atoms with Gasteiger partial charge in [-0.1, -0.05) is 65.5 Å². The van der Waals surface area contributed by atoms with Gasteiger partial charge in [0.2, 0.25) is 12.2 Å². The van der Waals surface area contributed by atoms with Gasteiger partial charge in [-0.25, -0.2) is 0 Å². The molecule has 2 amide bonds. The second-order valence-electron chi connectivity index (χ2n) is 14.7. The standard InChI is InChI=1S/C34H56N2O3/c1-23(2)8-6-9-24(3)28-12-13-29-27-11-10-26-20-25(21-31(38)35-18-7-19-36-32(39)22-37)14-16-33(26,4)30(27)15-17-34(28,29)5/h20,22-25,27-30H,6-19,21H2,1-5H3,(H,35,38)(H,36,39)/t24-,25+,27?,28-,29?,30?,33+,34-/m1/s1.